The molecule has 0 spiro atoms. The molecule has 1 N–H and O–H groups in total. The van der Waals surface area contributed by atoms with Gasteiger partial charge in [-0.15, -0.1) is 10.2 Å². The van der Waals surface area contributed by atoms with Crippen molar-refractivity contribution in [2.24, 2.45) is 7.05 Å². The highest BCUT2D eigenvalue weighted by Gasteiger charge is 2.11. The maximum atomic E-state index is 9.07. The lowest BCUT2D eigenvalue weighted by Gasteiger charge is -2.06. The van der Waals surface area contributed by atoms with Crippen molar-refractivity contribution in [2.75, 3.05) is 0 Å². The first kappa shape index (κ1) is 10.8. The van der Waals surface area contributed by atoms with E-state index >= 15 is 0 Å². The molecule has 0 saturated carbocycles. The van der Waals surface area contributed by atoms with Gasteiger partial charge in [0.1, 0.15) is 6.61 Å². The van der Waals surface area contributed by atoms with E-state index < -0.39 is 0 Å². The van der Waals surface area contributed by atoms with Crippen molar-refractivity contribution in [3.8, 4) is 11.4 Å². The van der Waals surface area contributed by atoms with Crippen molar-refractivity contribution in [3.63, 3.8) is 0 Å². The normalized spacial score (nSPS) is 10.8. The summed E-state index contributed by atoms with van der Waals surface area (Å²) < 4.78 is 1.82. The topological polar surface area (TPSA) is 50.9 Å². The number of aryl methyl sites for hydroxylation is 2. The van der Waals surface area contributed by atoms with Crippen LogP contribution in [0.4, 0.5) is 0 Å². The molecule has 0 radical (unpaired) electrons. The molecule has 0 fully saturated rings. The number of hydrogen-bond donors (Lipinski definition) is 1. The lowest BCUT2D eigenvalue weighted by Crippen LogP contribution is -2.00. The van der Waals surface area contributed by atoms with E-state index in [0.29, 0.717) is 5.82 Å². The zero-order valence-corrected chi connectivity index (χ0v) is 9.73. The summed E-state index contributed by atoms with van der Waals surface area (Å²) in [6.07, 6.45) is 0. The molecule has 0 saturated heterocycles. The van der Waals surface area contributed by atoms with Crippen LogP contribution in [0.1, 0.15) is 17.0 Å². The average Bonchev–Trinajstić information content (AvgIpc) is 2.60. The highest BCUT2D eigenvalue weighted by atomic mass is 16.3. The molecule has 2 rings (SSSR count). The Labute approximate surface area is 94.6 Å². The van der Waals surface area contributed by atoms with Crippen LogP contribution in [0.3, 0.4) is 0 Å². The number of benzene rings is 1. The van der Waals surface area contributed by atoms with Crippen molar-refractivity contribution < 1.29 is 5.11 Å². The second-order valence-electron chi connectivity index (χ2n) is 3.98. The van der Waals surface area contributed by atoms with Crippen molar-refractivity contribution >= 4 is 0 Å². The highest BCUT2D eigenvalue weighted by Crippen LogP contribution is 2.22. The Morgan fingerprint density at radius 3 is 2.56 bits per heavy atom. The molecule has 84 valence electrons. The molecule has 1 aromatic carbocycles. The average molecular weight is 217 g/mol. The maximum Gasteiger partial charge on any atom is 0.164 e. The Balaban J connectivity index is 2.54. The minimum absolute atomic E-state index is 0.0889. The molecule has 0 bridgehead atoms. The molecule has 16 heavy (non-hydrogen) atoms. The maximum absolute atomic E-state index is 9.07. The van der Waals surface area contributed by atoms with Crippen LogP contribution in [0, 0.1) is 13.8 Å². The van der Waals surface area contributed by atoms with E-state index in [1.54, 1.807) is 0 Å². The minimum atomic E-state index is -0.0889. The molecule has 0 atom stereocenters. The van der Waals surface area contributed by atoms with Crippen LogP contribution in [0.5, 0.6) is 0 Å². The van der Waals surface area contributed by atoms with E-state index in [1.165, 1.54) is 11.1 Å². The van der Waals surface area contributed by atoms with Crippen molar-refractivity contribution in [1.82, 2.24) is 14.8 Å². The van der Waals surface area contributed by atoms with E-state index in [9.17, 15) is 0 Å². The summed E-state index contributed by atoms with van der Waals surface area (Å²) in [5, 5.41) is 17.1. The van der Waals surface area contributed by atoms with E-state index in [2.05, 4.69) is 36.2 Å². The first-order valence-electron chi connectivity index (χ1n) is 5.20. The number of aliphatic hydroxyl groups is 1. The van der Waals surface area contributed by atoms with Crippen LogP contribution in [0.25, 0.3) is 11.4 Å². The number of aliphatic hydroxyl groups excluding tert-OH is 1. The lowest BCUT2D eigenvalue weighted by atomic mass is 10.1. The van der Waals surface area contributed by atoms with Crippen LogP contribution >= 0.6 is 0 Å². The monoisotopic (exact) mass is 217 g/mol. The summed E-state index contributed by atoms with van der Waals surface area (Å²) in [6.45, 7) is 4.02. The molecular weight excluding hydrogens is 202 g/mol. The molecule has 1 heterocycles. The summed E-state index contributed by atoms with van der Waals surface area (Å²) in [4.78, 5) is 0. The summed E-state index contributed by atoms with van der Waals surface area (Å²) in [6, 6.07) is 6.20. The Bertz CT molecular complexity index is 517. The SMILES string of the molecule is Cc1ccc(-c2nnc(CO)n2C)c(C)c1. The van der Waals surface area contributed by atoms with Crippen LogP contribution < -0.4 is 0 Å². The van der Waals surface area contributed by atoms with Gasteiger partial charge in [-0.2, -0.15) is 0 Å². The van der Waals surface area contributed by atoms with Gasteiger partial charge in [0.05, 0.1) is 0 Å². The predicted octanol–water partition coefficient (Wildman–Crippen LogP) is 1.59. The van der Waals surface area contributed by atoms with E-state index in [-0.39, 0.29) is 6.61 Å². The van der Waals surface area contributed by atoms with Gasteiger partial charge in [0, 0.05) is 12.6 Å². The van der Waals surface area contributed by atoms with Crippen molar-refractivity contribution in [2.45, 2.75) is 20.5 Å². The molecule has 0 aliphatic carbocycles. The van der Waals surface area contributed by atoms with E-state index in [1.807, 2.05) is 17.7 Å². The second kappa shape index (κ2) is 4.06. The van der Waals surface area contributed by atoms with Gasteiger partial charge in [0.2, 0.25) is 0 Å². The van der Waals surface area contributed by atoms with E-state index in [4.69, 9.17) is 5.11 Å². The van der Waals surface area contributed by atoms with Gasteiger partial charge in [-0.25, -0.2) is 0 Å². The van der Waals surface area contributed by atoms with Gasteiger partial charge in [-0.1, -0.05) is 23.8 Å². The van der Waals surface area contributed by atoms with Gasteiger partial charge in [-0.05, 0) is 19.4 Å². The molecule has 4 nitrogen and oxygen atoms in total. The molecule has 0 aliphatic heterocycles. The van der Waals surface area contributed by atoms with E-state index in [0.717, 1.165) is 11.4 Å². The molecule has 1 aromatic heterocycles. The summed E-state index contributed by atoms with van der Waals surface area (Å²) in [5.74, 6) is 1.37. The quantitative estimate of drug-likeness (QED) is 0.831. The smallest absolute Gasteiger partial charge is 0.164 e. The standard InChI is InChI=1S/C12H15N3O/c1-8-4-5-10(9(2)6-8)12-14-13-11(7-16)15(12)3/h4-6,16H,7H2,1-3H3. The van der Waals surface area contributed by atoms with Crippen molar-refractivity contribution in [1.29, 1.82) is 0 Å². The van der Waals surface area contributed by atoms with Gasteiger partial charge >= 0.3 is 0 Å². The highest BCUT2D eigenvalue weighted by molar-refractivity contribution is 5.60. The first-order chi connectivity index (χ1) is 7.63. The lowest BCUT2D eigenvalue weighted by molar-refractivity contribution is 0.267. The van der Waals surface area contributed by atoms with Crippen LogP contribution in [-0.4, -0.2) is 19.9 Å². The fourth-order valence-electron chi connectivity index (χ4n) is 1.80. The molecule has 2 aromatic rings. The summed E-state index contributed by atoms with van der Waals surface area (Å²) >= 11 is 0. The Hall–Kier alpha value is -1.68. The van der Waals surface area contributed by atoms with Gasteiger partial charge in [0.15, 0.2) is 11.6 Å². The van der Waals surface area contributed by atoms with Gasteiger partial charge < -0.3 is 9.67 Å². The molecule has 4 heteroatoms. The zero-order chi connectivity index (χ0) is 11.7. The number of aromatic nitrogens is 3. The third-order valence-corrected chi connectivity index (χ3v) is 2.73. The minimum Gasteiger partial charge on any atom is -0.388 e. The molecule has 0 aliphatic rings. The van der Waals surface area contributed by atoms with Crippen LogP contribution in [0.2, 0.25) is 0 Å². The van der Waals surface area contributed by atoms with Crippen LogP contribution in [0.15, 0.2) is 18.2 Å². The third kappa shape index (κ3) is 1.72. The fraction of sp³-hybridized carbons (Fsp3) is 0.333. The number of rotatable bonds is 2. The molecule has 0 amide bonds. The Kier molecular flexibility index (Phi) is 2.75. The number of nitrogens with zero attached hydrogens (tertiary/aromatic N) is 3. The van der Waals surface area contributed by atoms with Crippen LogP contribution in [-0.2, 0) is 13.7 Å². The summed E-state index contributed by atoms with van der Waals surface area (Å²) in [7, 11) is 1.86. The largest absolute Gasteiger partial charge is 0.388 e. The van der Waals surface area contributed by atoms with Gasteiger partial charge in [0.25, 0.3) is 0 Å². The predicted molar refractivity (Wildman–Crippen MR) is 61.8 cm³/mol. The zero-order valence-electron chi connectivity index (χ0n) is 9.73. The van der Waals surface area contributed by atoms with Gasteiger partial charge in [-0.3, -0.25) is 0 Å². The Morgan fingerprint density at radius 1 is 1.25 bits per heavy atom. The second-order valence-corrected chi connectivity index (χ2v) is 3.98. The van der Waals surface area contributed by atoms with Crippen molar-refractivity contribution in [3.05, 3.63) is 35.2 Å². The molecular formula is C12H15N3O. The Morgan fingerprint density at radius 2 is 2.00 bits per heavy atom. The molecule has 0 unspecified atom stereocenters. The summed E-state index contributed by atoms with van der Waals surface area (Å²) in [5.41, 5.74) is 3.45. The number of hydrogen-bond acceptors (Lipinski definition) is 3. The fourth-order valence-corrected chi connectivity index (χ4v) is 1.80. The third-order valence-electron chi connectivity index (χ3n) is 2.73. The first-order valence-corrected chi connectivity index (χ1v) is 5.20.